The van der Waals surface area contributed by atoms with Gasteiger partial charge < -0.3 is 5.73 Å². The zero-order chi connectivity index (χ0) is 8.27. The van der Waals surface area contributed by atoms with Gasteiger partial charge in [-0.2, -0.15) is 0 Å². The molecule has 0 saturated heterocycles. The van der Waals surface area contributed by atoms with Crippen LogP contribution in [0, 0.1) is 0 Å². The smallest absolute Gasteiger partial charge is 0.168 e. The average Bonchev–Trinajstić information content (AvgIpc) is 2.05. The quantitative estimate of drug-likeness (QED) is 0.637. The van der Waals surface area contributed by atoms with E-state index in [-0.39, 0.29) is 6.04 Å². The molecule has 0 saturated carbocycles. The van der Waals surface area contributed by atoms with E-state index < -0.39 is 0 Å². The number of hydrogen-bond acceptors (Lipinski definition) is 3. The molecule has 0 aliphatic rings. The summed E-state index contributed by atoms with van der Waals surface area (Å²) in [6.45, 7) is 1.87. The van der Waals surface area contributed by atoms with Crippen molar-refractivity contribution in [1.29, 1.82) is 0 Å². The van der Waals surface area contributed by atoms with Crippen molar-refractivity contribution in [3.8, 4) is 0 Å². The molecular formula is C8H10N2O. The fourth-order valence-electron chi connectivity index (χ4n) is 0.756. The van der Waals surface area contributed by atoms with Gasteiger partial charge in [0.25, 0.3) is 0 Å². The second-order valence-electron chi connectivity index (χ2n) is 2.42. The van der Waals surface area contributed by atoms with E-state index in [0.717, 1.165) is 5.56 Å². The molecule has 2 N–H and O–H groups in total. The normalized spacial score (nSPS) is 12.5. The highest BCUT2D eigenvalue weighted by Crippen LogP contribution is 2.06. The summed E-state index contributed by atoms with van der Waals surface area (Å²) < 4.78 is 0. The van der Waals surface area contributed by atoms with Crippen molar-refractivity contribution < 1.29 is 4.79 Å². The SMILES string of the molecule is C[C@@H](N)c1ccc(C=O)nc1. The lowest BCUT2D eigenvalue weighted by atomic mass is 10.1. The monoisotopic (exact) mass is 150 g/mol. The molecule has 1 aromatic rings. The molecule has 0 spiro atoms. The van der Waals surface area contributed by atoms with E-state index in [1.807, 2.05) is 6.92 Å². The molecule has 0 amide bonds. The minimum Gasteiger partial charge on any atom is -0.324 e. The Kier molecular flexibility index (Phi) is 2.33. The maximum Gasteiger partial charge on any atom is 0.168 e. The number of aromatic nitrogens is 1. The van der Waals surface area contributed by atoms with Gasteiger partial charge in [0.05, 0.1) is 0 Å². The lowest BCUT2D eigenvalue weighted by molar-refractivity contribution is 0.111. The van der Waals surface area contributed by atoms with Crippen LogP contribution in [0.2, 0.25) is 0 Å². The van der Waals surface area contributed by atoms with Crippen molar-refractivity contribution in [1.82, 2.24) is 4.98 Å². The Morgan fingerprint density at radius 2 is 2.36 bits per heavy atom. The third-order valence-electron chi connectivity index (χ3n) is 1.46. The van der Waals surface area contributed by atoms with Gasteiger partial charge in [-0.3, -0.25) is 9.78 Å². The molecule has 0 aliphatic heterocycles. The van der Waals surface area contributed by atoms with Crippen LogP contribution in [0.1, 0.15) is 29.0 Å². The third kappa shape index (κ3) is 1.85. The molecule has 1 aromatic heterocycles. The number of aldehydes is 1. The molecule has 1 rings (SSSR count). The highest BCUT2D eigenvalue weighted by atomic mass is 16.1. The van der Waals surface area contributed by atoms with E-state index in [1.54, 1.807) is 18.3 Å². The molecule has 1 atom stereocenters. The third-order valence-corrected chi connectivity index (χ3v) is 1.46. The summed E-state index contributed by atoms with van der Waals surface area (Å²) in [5.41, 5.74) is 6.96. The summed E-state index contributed by atoms with van der Waals surface area (Å²) >= 11 is 0. The lowest BCUT2D eigenvalue weighted by Crippen LogP contribution is -2.05. The summed E-state index contributed by atoms with van der Waals surface area (Å²) in [6.07, 6.45) is 2.33. The van der Waals surface area contributed by atoms with Crippen LogP contribution < -0.4 is 5.73 Å². The van der Waals surface area contributed by atoms with Gasteiger partial charge >= 0.3 is 0 Å². The Balaban J connectivity index is 2.91. The maximum absolute atomic E-state index is 10.2. The number of carbonyl (C=O) groups is 1. The number of hydrogen-bond donors (Lipinski definition) is 1. The molecule has 0 unspecified atom stereocenters. The number of rotatable bonds is 2. The Hall–Kier alpha value is -1.22. The zero-order valence-electron chi connectivity index (χ0n) is 6.32. The number of nitrogens with two attached hydrogens (primary N) is 1. The fraction of sp³-hybridized carbons (Fsp3) is 0.250. The minimum absolute atomic E-state index is 0.0248. The van der Waals surface area contributed by atoms with Gasteiger partial charge in [0, 0.05) is 12.2 Å². The lowest BCUT2D eigenvalue weighted by Gasteiger charge is -2.02. The zero-order valence-corrected chi connectivity index (χ0v) is 6.32. The average molecular weight is 150 g/mol. The van der Waals surface area contributed by atoms with Gasteiger partial charge in [-0.1, -0.05) is 6.07 Å². The van der Waals surface area contributed by atoms with Gasteiger partial charge in [-0.15, -0.1) is 0 Å². The second-order valence-corrected chi connectivity index (χ2v) is 2.42. The first-order valence-corrected chi connectivity index (χ1v) is 3.40. The number of pyridine rings is 1. The molecule has 58 valence electrons. The van der Waals surface area contributed by atoms with Crippen LogP contribution in [0.5, 0.6) is 0 Å². The Morgan fingerprint density at radius 3 is 2.73 bits per heavy atom. The summed E-state index contributed by atoms with van der Waals surface area (Å²) in [6, 6.07) is 3.44. The Morgan fingerprint density at radius 1 is 1.64 bits per heavy atom. The predicted octanol–water partition coefficient (Wildman–Crippen LogP) is 0.914. The molecular weight excluding hydrogens is 140 g/mol. The molecule has 0 bridgehead atoms. The van der Waals surface area contributed by atoms with Gasteiger partial charge in [-0.05, 0) is 18.6 Å². The van der Waals surface area contributed by atoms with Crippen LogP contribution in [0.4, 0.5) is 0 Å². The first-order valence-electron chi connectivity index (χ1n) is 3.40. The Labute approximate surface area is 65.2 Å². The number of carbonyl (C=O) groups excluding carboxylic acids is 1. The van der Waals surface area contributed by atoms with Gasteiger partial charge in [0.2, 0.25) is 0 Å². The van der Waals surface area contributed by atoms with Crippen LogP contribution in [-0.2, 0) is 0 Å². The van der Waals surface area contributed by atoms with Crippen molar-refractivity contribution in [3.63, 3.8) is 0 Å². The first-order chi connectivity index (χ1) is 5.24. The van der Waals surface area contributed by atoms with Crippen molar-refractivity contribution in [2.75, 3.05) is 0 Å². The van der Waals surface area contributed by atoms with E-state index in [9.17, 15) is 4.79 Å². The molecule has 0 radical (unpaired) electrons. The number of nitrogens with zero attached hydrogens (tertiary/aromatic N) is 1. The molecule has 0 fully saturated rings. The van der Waals surface area contributed by atoms with E-state index in [2.05, 4.69) is 4.98 Å². The molecule has 1 heterocycles. The van der Waals surface area contributed by atoms with Crippen LogP contribution in [0.25, 0.3) is 0 Å². The highest BCUT2D eigenvalue weighted by Gasteiger charge is 1.98. The van der Waals surface area contributed by atoms with Crippen LogP contribution in [-0.4, -0.2) is 11.3 Å². The molecule has 0 aromatic carbocycles. The standard InChI is InChI=1S/C8H10N2O/c1-6(9)7-2-3-8(5-11)10-4-7/h2-6H,9H2,1H3/t6-/m1/s1. The van der Waals surface area contributed by atoms with E-state index in [4.69, 9.17) is 5.73 Å². The molecule has 11 heavy (non-hydrogen) atoms. The van der Waals surface area contributed by atoms with Gasteiger partial charge in [0.1, 0.15) is 5.69 Å². The minimum atomic E-state index is -0.0248. The van der Waals surface area contributed by atoms with Crippen molar-refractivity contribution in [2.24, 2.45) is 5.73 Å². The topological polar surface area (TPSA) is 56.0 Å². The van der Waals surface area contributed by atoms with Crippen molar-refractivity contribution in [2.45, 2.75) is 13.0 Å². The molecule has 3 nitrogen and oxygen atoms in total. The van der Waals surface area contributed by atoms with E-state index in [0.29, 0.717) is 12.0 Å². The fourth-order valence-corrected chi connectivity index (χ4v) is 0.756. The summed E-state index contributed by atoms with van der Waals surface area (Å²) in [5.74, 6) is 0. The molecule has 0 aliphatic carbocycles. The van der Waals surface area contributed by atoms with Crippen molar-refractivity contribution >= 4 is 6.29 Å². The second kappa shape index (κ2) is 3.25. The van der Waals surface area contributed by atoms with Crippen LogP contribution in [0.3, 0.4) is 0 Å². The predicted molar refractivity (Wildman–Crippen MR) is 42.2 cm³/mol. The first kappa shape index (κ1) is 7.88. The van der Waals surface area contributed by atoms with Gasteiger partial charge in [-0.25, -0.2) is 0 Å². The van der Waals surface area contributed by atoms with Gasteiger partial charge in [0.15, 0.2) is 6.29 Å². The van der Waals surface area contributed by atoms with Crippen LogP contribution in [0.15, 0.2) is 18.3 Å². The highest BCUT2D eigenvalue weighted by molar-refractivity contribution is 5.71. The maximum atomic E-state index is 10.2. The van der Waals surface area contributed by atoms with Crippen LogP contribution >= 0.6 is 0 Å². The summed E-state index contributed by atoms with van der Waals surface area (Å²) in [5, 5.41) is 0. The van der Waals surface area contributed by atoms with E-state index >= 15 is 0 Å². The molecule has 3 heteroatoms. The van der Waals surface area contributed by atoms with E-state index in [1.165, 1.54) is 0 Å². The Bertz CT molecular complexity index is 241. The summed E-state index contributed by atoms with van der Waals surface area (Å²) in [7, 11) is 0. The summed E-state index contributed by atoms with van der Waals surface area (Å²) in [4.78, 5) is 14.1. The largest absolute Gasteiger partial charge is 0.324 e. The van der Waals surface area contributed by atoms with Crippen molar-refractivity contribution in [3.05, 3.63) is 29.6 Å².